The van der Waals surface area contributed by atoms with E-state index in [1.807, 2.05) is 24.0 Å². The van der Waals surface area contributed by atoms with Crippen LogP contribution in [-0.2, 0) is 0 Å². The molecule has 1 N–H and O–H groups in total. The summed E-state index contributed by atoms with van der Waals surface area (Å²) in [5, 5.41) is 3.93. The minimum Gasteiger partial charge on any atom is -0.339 e. The van der Waals surface area contributed by atoms with Crippen LogP contribution in [0.25, 0.3) is 0 Å². The summed E-state index contributed by atoms with van der Waals surface area (Å²) in [6, 6.07) is 5.39. The normalized spacial score (nSPS) is 16.1. The van der Waals surface area contributed by atoms with E-state index in [0.717, 1.165) is 43.5 Å². The number of benzene rings is 1. The molecule has 0 saturated carbocycles. The molecule has 0 aliphatic carbocycles. The van der Waals surface area contributed by atoms with Crippen LogP contribution in [-0.4, -0.2) is 37.0 Å². The number of hydrogen-bond acceptors (Lipinski definition) is 2. The molecule has 0 unspecified atom stereocenters. The van der Waals surface area contributed by atoms with Crippen LogP contribution in [0.4, 0.5) is 0 Å². The third-order valence-corrected chi connectivity index (χ3v) is 5.01. The number of piperidine rings is 1. The Morgan fingerprint density at radius 1 is 1.45 bits per heavy atom. The van der Waals surface area contributed by atoms with Gasteiger partial charge in [-0.05, 0) is 72.9 Å². The molecule has 1 aromatic rings. The van der Waals surface area contributed by atoms with Gasteiger partial charge in [-0.1, -0.05) is 11.6 Å². The first kappa shape index (κ1) is 15.8. The maximum Gasteiger partial charge on any atom is 0.253 e. The van der Waals surface area contributed by atoms with Gasteiger partial charge in [-0.3, -0.25) is 4.79 Å². The first-order valence-corrected chi connectivity index (χ1v) is 8.24. The zero-order chi connectivity index (χ0) is 14.5. The fourth-order valence-corrected chi connectivity index (χ4v) is 2.97. The Bertz CT molecular complexity index is 475. The Morgan fingerprint density at radius 2 is 2.15 bits per heavy atom. The number of nitrogens with one attached hydrogen (secondary N) is 1. The molecular weight excluding hydrogens is 340 g/mol. The summed E-state index contributed by atoms with van der Waals surface area (Å²) in [6.45, 7) is 5.71. The smallest absolute Gasteiger partial charge is 0.253 e. The van der Waals surface area contributed by atoms with Crippen molar-refractivity contribution in [2.45, 2.75) is 19.8 Å². The van der Waals surface area contributed by atoms with Gasteiger partial charge in [0.25, 0.3) is 5.91 Å². The molecule has 20 heavy (non-hydrogen) atoms. The number of carbonyl (C=O) groups is 1. The quantitative estimate of drug-likeness (QED) is 0.891. The van der Waals surface area contributed by atoms with E-state index in [-0.39, 0.29) is 5.91 Å². The summed E-state index contributed by atoms with van der Waals surface area (Å²) < 4.78 is 0.817. The molecular formula is C15H20BrClN2O. The van der Waals surface area contributed by atoms with Crippen molar-refractivity contribution in [1.29, 1.82) is 0 Å². The molecule has 0 atom stereocenters. The molecule has 5 heteroatoms. The van der Waals surface area contributed by atoms with Crippen LogP contribution < -0.4 is 5.32 Å². The number of amides is 1. The van der Waals surface area contributed by atoms with Crippen LogP contribution in [0.15, 0.2) is 22.7 Å². The predicted molar refractivity (Wildman–Crippen MR) is 86.3 cm³/mol. The average molecular weight is 360 g/mol. The molecule has 3 nitrogen and oxygen atoms in total. The molecule has 1 saturated heterocycles. The van der Waals surface area contributed by atoms with Crippen LogP contribution in [0.2, 0.25) is 5.02 Å². The number of rotatable bonds is 4. The average Bonchev–Trinajstić information content (AvgIpc) is 2.48. The van der Waals surface area contributed by atoms with Gasteiger partial charge in [-0.2, -0.15) is 0 Å². The lowest BCUT2D eigenvalue weighted by Gasteiger charge is -2.29. The summed E-state index contributed by atoms with van der Waals surface area (Å²) in [6.07, 6.45) is 2.29. The van der Waals surface area contributed by atoms with Crippen LogP contribution in [0.3, 0.4) is 0 Å². The maximum absolute atomic E-state index is 12.5. The zero-order valence-corrected chi connectivity index (χ0v) is 14.0. The van der Waals surface area contributed by atoms with Crippen molar-refractivity contribution < 1.29 is 4.79 Å². The Kier molecular flexibility index (Phi) is 5.87. The molecule has 2 rings (SSSR count). The zero-order valence-electron chi connectivity index (χ0n) is 11.7. The van der Waals surface area contributed by atoms with E-state index in [1.54, 1.807) is 6.07 Å². The van der Waals surface area contributed by atoms with Gasteiger partial charge in [0.1, 0.15) is 0 Å². The number of carbonyl (C=O) groups excluding carboxylic acids is 1. The fourth-order valence-electron chi connectivity index (χ4n) is 2.54. The fraction of sp³-hybridized carbons (Fsp3) is 0.533. The third-order valence-electron chi connectivity index (χ3n) is 3.77. The lowest BCUT2D eigenvalue weighted by Crippen LogP contribution is -2.39. The van der Waals surface area contributed by atoms with Crippen molar-refractivity contribution in [3.63, 3.8) is 0 Å². The van der Waals surface area contributed by atoms with Crippen molar-refractivity contribution in [2.24, 2.45) is 5.92 Å². The van der Waals surface area contributed by atoms with Gasteiger partial charge < -0.3 is 10.2 Å². The SMILES string of the molecule is CCN(CC1CCNCC1)C(=O)c1ccc(Br)c(Cl)c1. The van der Waals surface area contributed by atoms with Gasteiger partial charge in [0.2, 0.25) is 0 Å². The first-order valence-electron chi connectivity index (χ1n) is 7.07. The van der Waals surface area contributed by atoms with E-state index in [9.17, 15) is 4.79 Å². The third kappa shape index (κ3) is 3.96. The Morgan fingerprint density at radius 3 is 2.75 bits per heavy atom. The summed E-state index contributed by atoms with van der Waals surface area (Å²) in [5.41, 5.74) is 0.661. The highest BCUT2D eigenvalue weighted by Gasteiger charge is 2.21. The summed E-state index contributed by atoms with van der Waals surface area (Å²) in [7, 11) is 0. The molecule has 1 fully saturated rings. The largest absolute Gasteiger partial charge is 0.339 e. The number of nitrogens with zero attached hydrogens (tertiary/aromatic N) is 1. The lowest BCUT2D eigenvalue weighted by atomic mass is 9.97. The second kappa shape index (κ2) is 7.43. The highest BCUT2D eigenvalue weighted by Crippen LogP contribution is 2.24. The molecule has 1 aliphatic rings. The summed E-state index contributed by atoms with van der Waals surface area (Å²) in [4.78, 5) is 14.5. The van der Waals surface area contributed by atoms with E-state index in [2.05, 4.69) is 21.2 Å². The van der Waals surface area contributed by atoms with Gasteiger partial charge in [-0.25, -0.2) is 0 Å². The molecule has 0 spiro atoms. The van der Waals surface area contributed by atoms with Crippen LogP contribution >= 0.6 is 27.5 Å². The van der Waals surface area contributed by atoms with Gasteiger partial charge in [0, 0.05) is 23.1 Å². The Balaban J connectivity index is 2.05. The van der Waals surface area contributed by atoms with Crippen molar-refractivity contribution in [2.75, 3.05) is 26.2 Å². The maximum atomic E-state index is 12.5. The van der Waals surface area contributed by atoms with Crippen molar-refractivity contribution in [3.8, 4) is 0 Å². The topological polar surface area (TPSA) is 32.3 Å². The highest BCUT2D eigenvalue weighted by atomic mass is 79.9. The van der Waals surface area contributed by atoms with Crippen LogP contribution in [0, 0.1) is 5.92 Å². The molecule has 0 radical (unpaired) electrons. The molecule has 110 valence electrons. The van der Waals surface area contributed by atoms with E-state index in [1.165, 1.54) is 0 Å². The highest BCUT2D eigenvalue weighted by molar-refractivity contribution is 9.10. The number of hydrogen-bond donors (Lipinski definition) is 1. The van der Waals surface area contributed by atoms with E-state index >= 15 is 0 Å². The monoisotopic (exact) mass is 358 g/mol. The van der Waals surface area contributed by atoms with Crippen LogP contribution in [0.1, 0.15) is 30.1 Å². The minimum atomic E-state index is 0.0698. The van der Waals surface area contributed by atoms with E-state index in [4.69, 9.17) is 11.6 Å². The van der Waals surface area contributed by atoms with Gasteiger partial charge >= 0.3 is 0 Å². The van der Waals surface area contributed by atoms with E-state index in [0.29, 0.717) is 16.5 Å². The molecule has 0 aromatic heterocycles. The molecule has 1 aliphatic heterocycles. The molecule has 1 amide bonds. The van der Waals surface area contributed by atoms with Crippen molar-refractivity contribution in [1.82, 2.24) is 10.2 Å². The minimum absolute atomic E-state index is 0.0698. The first-order chi connectivity index (χ1) is 9.61. The van der Waals surface area contributed by atoms with Crippen molar-refractivity contribution in [3.05, 3.63) is 33.3 Å². The Labute approximate surface area is 133 Å². The molecule has 1 heterocycles. The van der Waals surface area contributed by atoms with Crippen molar-refractivity contribution >= 4 is 33.4 Å². The number of halogens is 2. The summed E-state index contributed by atoms with van der Waals surface area (Å²) in [5.74, 6) is 0.673. The van der Waals surface area contributed by atoms with Gasteiger partial charge in [0.05, 0.1) is 5.02 Å². The molecule has 1 aromatic carbocycles. The van der Waals surface area contributed by atoms with Gasteiger partial charge in [0.15, 0.2) is 0 Å². The molecule has 0 bridgehead atoms. The standard InChI is InChI=1S/C15H20BrClN2O/c1-2-19(10-11-5-7-18-8-6-11)15(20)12-3-4-13(16)14(17)9-12/h3-4,9,11,18H,2,5-8,10H2,1H3. The second-order valence-electron chi connectivity index (χ2n) is 5.17. The summed E-state index contributed by atoms with van der Waals surface area (Å²) >= 11 is 9.42. The van der Waals surface area contributed by atoms with Gasteiger partial charge in [-0.15, -0.1) is 0 Å². The van der Waals surface area contributed by atoms with E-state index < -0.39 is 0 Å². The Hall–Kier alpha value is -0.580. The predicted octanol–water partition coefficient (Wildman–Crippen LogP) is 3.56. The second-order valence-corrected chi connectivity index (χ2v) is 6.43. The van der Waals surface area contributed by atoms with Crippen LogP contribution in [0.5, 0.6) is 0 Å². The lowest BCUT2D eigenvalue weighted by molar-refractivity contribution is 0.0727.